The summed E-state index contributed by atoms with van der Waals surface area (Å²) < 4.78 is 11.2. The highest BCUT2D eigenvalue weighted by molar-refractivity contribution is 7.98. The zero-order chi connectivity index (χ0) is 19.1. The quantitative estimate of drug-likeness (QED) is 0.357. The number of thioether (sulfide) groups is 1. The number of hydrogen-bond acceptors (Lipinski definition) is 8. The highest BCUT2D eigenvalue weighted by Crippen LogP contribution is 2.31. The molecule has 0 bridgehead atoms. The Morgan fingerprint density at radius 1 is 1.14 bits per heavy atom. The predicted octanol–water partition coefficient (Wildman–Crippen LogP) is 4.31. The zero-order valence-corrected chi connectivity index (χ0v) is 16.9. The first kappa shape index (κ1) is 17.6. The summed E-state index contributed by atoms with van der Waals surface area (Å²) in [5.74, 6) is 1.11. The molecule has 4 aromatic rings. The van der Waals surface area contributed by atoms with Gasteiger partial charge in [-0.25, -0.2) is 9.78 Å². The normalized spacial score (nSPS) is 13.3. The number of aromatic nitrogens is 3. The minimum absolute atomic E-state index is 0.328. The molecule has 0 fully saturated rings. The van der Waals surface area contributed by atoms with Crippen molar-refractivity contribution in [3.05, 3.63) is 67.3 Å². The Kier molecular flexibility index (Phi) is 4.52. The van der Waals surface area contributed by atoms with Crippen LogP contribution in [0, 0.1) is 6.92 Å². The Morgan fingerprint density at radius 3 is 2.82 bits per heavy atom. The van der Waals surface area contributed by atoms with Gasteiger partial charge in [-0.2, -0.15) is 0 Å². The van der Waals surface area contributed by atoms with Crippen LogP contribution in [0.15, 0.2) is 42.4 Å². The maximum absolute atomic E-state index is 12.0. The number of thiazole rings is 1. The first-order valence-electron chi connectivity index (χ1n) is 9.09. The number of fused-ring (bicyclic) bond motifs is 2. The maximum Gasteiger partial charge on any atom is 0.336 e. The minimum Gasteiger partial charge on any atom is -0.423 e. The van der Waals surface area contributed by atoms with Crippen LogP contribution in [0.5, 0.6) is 0 Å². The van der Waals surface area contributed by atoms with Crippen molar-refractivity contribution >= 4 is 34.1 Å². The van der Waals surface area contributed by atoms with Gasteiger partial charge in [-0.3, -0.25) is 0 Å². The first-order valence-corrected chi connectivity index (χ1v) is 11.0. The van der Waals surface area contributed by atoms with Gasteiger partial charge in [0.05, 0.1) is 17.1 Å². The van der Waals surface area contributed by atoms with Crippen LogP contribution in [0.3, 0.4) is 0 Å². The molecule has 0 aliphatic heterocycles. The van der Waals surface area contributed by atoms with E-state index in [4.69, 9.17) is 8.83 Å². The molecule has 1 aliphatic rings. The maximum atomic E-state index is 12.0. The van der Waals surface area contributed by atoms with Crippen molar-refractivity contribution in [2.24, 2.45) is 0 Å². The highest BCUT2D eigenvalue weighted by Gasteiger charge is 2.16. The van der Waals surface area contributed by atoms with Crippen molar-refractivity contribution in [2.45, 2.75) is 43.6 Å². The SMILES string of the molecule is Cc1nc(Cc2nnc(SCc3cc(=O)oc4cc5c(cc34)CCC5)o2)cs1. The molecule has 0 N–H and O–H groups in total. The molecule has 0 unspecified atom stereocenters. The molecule has 0 spiro atoms. The van der Waals surface area contributed by atoms with Crippen LogP contribution in [0.25, 0.3) is 11.0 Å². The first-order chi connectivity index (χ1) is 13.6. The lowest BCUT2D eigenvalue weighted by Gasteiger charge is -2.07. The molecule has 0 amide bonds. The summed E-state index contributed by atoms with van der Waals surface area (Å²) in [6.07, 6.45) is 3.82. The lowest BCUT2D eigenvalue weighted by Crippen LogP contribution is -2.01. The van der Waals surface area contributed by atoms with E-state index in [1.165, 1.54) is 22.9 Å². The fourth-order valence-electron chi connectivity index (χ4n) is 3.57. The Labute approximate surface area is 169 Å². The second-order valence-corrected chi connectivity index (χ2v) is 8.84. The van der Waals surface area contributed by atoms with Crippen LogP contribution in [-0.2, 0) is 25.0 Å². The number of nitrogens with zero attached hydrogens (tertiary/aromatic N) is 3. The van der Waals surface area contributed by atoms with Crippen molar-refractivity contribution in [1.82, 2.24) is 15.2 Å². The van der Waals surface area contributed by atoms with E-state index in [2.05, 4.69) is 21.2 Å². The largest absolute Gasteiger partial charge is 0.423 e. The second-order valence-electron chi connectivity index (χ2n) is 6.85. The molecule has 0 saturated carbocycles. The predicted molar refractivity (Wildman–Crippen MR) is 108 cm³/mol. The molecule has 3 heterocycles. The molecular formula is C20H17N3O3S2. The molecule has 6 nitrogen and oxygen atoms in total. The zero-order valence-electron chi connectivity index (χ0n) is 15.2. The molecule has 142 valence electrons. The van der Waals surface area contributed by atoms with E-state index in [0.717, 1.165) is 40.9 Å². The molecule has 0 atom stereocenters. The summed E-state index contributed by atoms with van der Waals surface area (Å²) in [5.41, 5.74) is 4.84. The summed E-state index contributed by atoms with van der Waals surface area (Å²) >= 11 is 3.03. The lowest BCUT2D eigenvalue weighted by atomic mass is 10.0. The number of hydrogen-bond donors (Lipinski definition) is 0. The van der Waals surface area contributed by atoms with E-state index in [0.29, 0.717) is 28.9 Å². The molecule has 0 radical (unpaired) electrons. The van der Waals surface area contributed by atoms with E-state index in [-0.39, 0.29) is 5.63 Å². The molecule has 1 aromatic carbocycles. The number of benzene rings is 1. The minimum atomic E-state index is -0.328. The van der Waals surface area contributed by atoms with Gasteiger partial charge in [0.2, 0.25) is 5.89 Å². The Hall–Kier alpha value is -2.45. The van der Waals surface area contributed by atoms with Crippen LogP contribution in [0.1, 0.15) is 39.7 Å². The van der Waals surface area contributed by atoms with Crippen LogP contribution in [-0.4, -0.2) is 15.2 Å². The molecule has 8 heteroatoms. The highest BCUT2D eigenvalue weighted by atomic mass is 32.2. The second kappa shape index (κ2) is 7.18. The molecule has 3 aromatic heterocycles. The van der Waals surface area contributed by atoms with Crippen molar-refractivity contribution in [1.29, 1.82) is 0 Å². The van der Waals surface area contributed by atoms with Crippen LogP contribution >= 0.6 is 23.1 Å². The van der Waals surface area contributed by atoms with Crippen LogP contribution in [0.4, 0.5) is 0 Å². The van der Waals surface area contributed by atoms with Gasteiger partial charge in [0.15, 0.2) is 0 Å². The van der Waals surface area contributed by atoms with Gasteiger partial charge in [-0.1, -0.05) is 11.8 Å². The third-order valence-electron chi connectivity index (χ3n) is 4.84. The molecule has 5 rings (SSSR count). The van der Waals surface area contributed by atoms with E-state index in [9.17, 15) is 4.79 Å². The molecular weight excluding hydrogens is 394 g/mol. The van der Waals surface area contributed by atoms with Crippen LogP contribution in [0.2, 0.25) is 0 Å². The summed E-state index contributed by atoms with van der Waals surface area (Å²) in [5, 5.41) is 12.7. The third-order valence-corrected chi connectivity index (χ3v) is 6.53. The smallest absolute Gasteiger partial charge is 0.336 e. The van der Waals surface area contributed by atoms with Crippen molar-refractivity contribution in [3.8, 4) is 0 Å². The molecule has 0 saturated heterocycles. The van der Waals surface area contributed by atoms with Crippen molar-refractivity contribution in [3.63, 3.8) is 0 Å². The van der Waals surface area contributed by atoms with Gasteiger partial charge in [-0.05, 0) is 55.0 Å². The van der Waals surface area contributed by atoms with E-state index in [1.807, 2.05) is 18.4 Å². The van der Waals surface area contributed by atoms with Gasteiger partial charge in [0.25, 0.3) is 5.22 Å². The van der Waals surface area contributed by atoms with E-state index in [1.54, 1.807) is 17.4 Å². The lowest BCUT2D eigenvalue weighted by molar-refractivity contribution is 0.419. The van der Waals surface area contributed by atoms with Gasteiger partial charge in [0.1, 0.15) is 5.58 Å². The van der Waals surface area contributed by atoms with Gasteiger partial charge >= 0.3 is 5.63 Å². The summed E-state index contributed by atoms with van der Waals surface area (Å²) in [6, 6.07) is 5.75. The summed E-state index contributed by atoms with van der Waals surface area (Å²) in [4.78, 5) is 16.4. The van der Waals surface area contributed by atoms with Gasteiger partial charge in [-0.15, -0.1) is 21.5 Å². The monoisotopic (exact) mass is 411 g/mol. The summed E-state index contributed by atoms with van der Waals surface area (Å²) in [6.45, 7) is 1.97. The standard InChI is InChI=1S/C20H17N3O3S2/c1-11-21-15(10-27-11)8-18-22-23-20(26-18)28-9-14-7-19(24)25-17-6-13-4-2-3-12(13)5-16(14)17/h5-7,10H,2-4,8-9H2,1H3. The topological polar surface area (TPSA) is 82.0 Å². The Morgan fingerprint density at radius 2 is 2.00 bits per heavy atom. The molecule has 28 heavy (non-hydrogen) atoms. The number of aryl methyl sites for hydroxylation is 3. The molecule has 1 aliphatic carbocycles. The van der Waals surface area contributed by atoms with Gasteiger partial charge in [0, 0.05) is 22.6 Å². The van der Waals surface area contributed by atoms with Gasteiger partial charge < -0.3 is 8.83 Å². The van der Waals surface area contributed by atoms with E-state index >= 15 is 0 Å². The Balaban J connectivity index is 1.37. The fourth-order valence-corrected chi connectivity index (χ4v) is 4.95. The average Bonchev–Trinajstić information content (AvgIpc) is 3.39. The van der Waals surface area contributed by atoms with E-state index < -0.39 is 0 Å². The average molecular weight is 412 g/mol. The Bertz CT molecular complexity index is 1230. The third kappa shape index (κ3) is 3.49. The summed E-state index contributed by atoms with van der Waals surface area (Å²) in [7, 11) is 0. The van der Waals surface area contributed by atoms with Crippen LogP contribution < -0.4 is 5.63 Å². The number of rotatable bonds is 5. The van der Waals surface area contributed by atoms with Crippen molar-refractivity contribution in [2.75, 3.05) is 0 Å². The van der Waals surface area contributed by atoms with Crippen molar-refractivity contribution < 1.29 is 8.83 Å². The fraction of sp³-hybridized carbons (Fsp3) is 0.300.